The average molecular weight is 359 g/mol. The summed E-state index contributed by atoms with van der Waals surface area (Å²) in [6, 6.07) is 10.3. The quantitative estimate of drug-likeness (QED) is 0.368. The van der Waals surface area contributed by atoms with Gasteiger partial charge in [-0.1, -0.05) is 49.4 Å². The van der Waals surface area contributed by atoms with E-state index in [1.165, 1.54) is 5.56 Å². The number of hydrogen-bond donors (Lipinski definition) is 2. The fourth-order valence-corrected chi connectivity index (χ4v) is 1.42. The van der Waals surface area contributed by atoms with E-state index < -0.39 is 0 Å². The van der Waals surface area contributed by atoms with Crippen LogP contribution in [0.3, 0.4) is 0 Å². The van der Waals surface area contributed by atoms with Gasteiger partial charge in [0.1, 0.15) is 0 Å². The molecule has 0 fully saturated rings. The Balaban J connectivity index is 0.00000289. The number of halogens is 1. The van der Waals surface area contributed by atoms with E-state index in [0.717, 1.165) is 5.57 Å². The summed E-state index contributed by atoms with van der Waals surface area (Å²) < 4.78 is 0. The van der Waals surface area contributed by atoms with Crippen LogP contribution in [0.2, 0.25) is 0 Å². The van der Waals surface area contributed by atoms with Crippen molar-refractivity contribution < 1.29 is 0 Å². The lowest BCUT2D eigenvalue weighted by molar-refractivity contribution is 0.767. The summed E-state index contributed by atoms with van der Waals surface area (Å²) in [6.45, 7) is 9.26. The summed E-state index contributed by atoms with van der Waals surface area (Å²) >= 11 is 0. The molecular weight excluding hydrogens is 337 g/mol. The molecule has 0 amide bonds. The van der Waals surface area contributed by atoms with E-state index in [9.17, 15) is 0 Å². The predicted molar refractivity (Wildman–Crippen MR) is 89.6 cm³/mol. The topological polar surface area (TPSA) is 50.4 Å². The number of nitrogens with zero attached hydrogens (tertiary/aromatic N) is 1. The maximum atomic E-state index is 5.75. The molecule has 0 saturated heterocycles. The molecule has 1 aromatic carbocycles. The Labute approximate surface area is 127 Å². The number of nitrogens with one attached hydrogen (secondary N) is 1. The van der Waals surface area contributed by atoms with Crippen LogP contribution in [0.25, 0.3) is 0 Å². The highest BCUT2D eigenvalue weighted by Crippen LogP contribution is 2.14. The molecular formula is C14H22IN3. The molecule has 0 bridgehead atoms. The number of rotatable bonds is 5. The summed E-state index contributed by atoms with van der Waals surface area (Å²) in [6.07, 6.45) is 0. The first-order valence-electron chi connectivity index (χ1n) is 5.82. The second kappa shape index (κ2) is 8.97. The van der Waals surface area contributed by atoms with Crippen LogP contribution in [0.15, 0.2) is 47.5 Å². The molecule has 100 valence electrons. The summed E-state index contributed by atoms with van der Waals surface area (Å²) in [5.74, 6) is 0.858. The van der Waals surface area contributed by atoms with E-state index in [-0.39, 0.29) is 24.0 Å². The highest BCUT2D eigenvalue weighted by molar-refractivity contribution is 14.0. The molecule has 18 heavy (non-hydrogen) atoms. The van der Waals surface area contributed by atoms with Gasteiger partial charge in [-0.25, -0.2) is 0 Å². The molecule has 1 aromatic rings. The maximum Gasteiger partial charge on any atom is 0.188 e. The molecule has 1 atom stereocenters. The van der Waals surface area contributed by atoms with Gasteiger partial charge in [0.25, 0.3) is 0 Å². The van der Waals surface area contributed by atoms with Gasteiger partial charge in [-0.15, -0.1) is 24.0 Å². The lowest BCUT2D eigenvalue weighted by atomic mass is 10.0. The zero-order valence-electron chi connectivity index (χ0n) is 11.0. The number of hydrogen-bond acceptors (Lipinski definition) is 1. The van der Waals surface area contributed by atoms with Gasteiger partial charge in [0.15, 0.2) is 5.96 Å². The lowest BCUT2D eigenvalue weighted by Gasteiger charge is -2.10. The molecule has 3 nitrogen and oxygen atoms in total. The van der Waals surface area contributed by atoms with E-state index in [1.807, 2.05) is 25.1 Å². The van der Waals surface area contributed by atoms with Crippen molar-refractivity contribution in [2.24, 2.45) is 10.7 Å². The number of nitrogens with two attached hydrogens (primary N) is 1. The number of benzene rings is 1. The minimum absolute atomic E-state index is 0. The second-order valence-corrected chi connectivity index (χ2v) is 4.35. The molecule has 0 aliphatic rings. The largest absolute Gasteiger partial charge is 0.370 e. The second-order valence-electron chi connectivity index (χ2n) is 4.35. The number of guanidine groups is 1. The van der Waals surface area contributed by atoms with Crippen molar-refractivity contribution in [2.75, 3.05) is 13.1 Å². The van der Waals surface area contributed by atoms with Gasteiger partial charge in [-0.05, 0) is 12.5 Å². The third-order valence-corrected chi connectivity index (χ3v) is 2.48. The standard InChI is InChI=1S/C14H21N3.HI/c1-11(2)9-16-14(15)17-10-12(3)13-7-5-4-6-8-13;/h4-8,12H,1,9-10H2,2-3H3,(H3,15,16,17);1H. The van der Waals surface area contributed by atoms with Crippen molar-refractivity contribution in [1.29, 1.82) is 0 Å². The van der Waals surface area contributed by atoms with Crippen LogP contribution in [-0.2, 0) is 0 Å². The van der Waals surface area contributed by atoms with Crippen LogP contribution in [0.1, 0.15) is 25.3 Å². The Morgan fingerprint density at radius 3 is 2.56 bits per heavy atom. The van der Waals surface area contributed by atoms with Crippen molar-refractivity contribution in [2.45, 2.75) is 19.8 Å². The third kappa shape index (κ3) is 6.64. The molecule has 4 heteroatoms. The van der Waals surface area contributed by atoms with Crippen LogP contribution >= 0.6 is 24.0 Å². The summed E-state index contributed by atoms with van der Waals surface area (Å²) in [5.41, 5.74) is 8.07. The first-order valence-corrected chi connectivity index (χ1v) is 5.82. The van der Waals surface area contributed by atoms with Crippen molar-refractivity contribution in [1.82, 2.24) is 5.32 Å². The van der Waals surface area contributed by atoms with Crippen molar-refractivity contribution in [3.8, 4) is 0 Å². The lowest BCUT2D eigenvalue weighted by Crippen LogP contribution is -2.33. The van der Waals surface area contributed by atoms with Gasteiger partial charge in [0, 0.05) is 19.0 Å². The fourth-order valence-electron chi connectivity index (χ4n) is 1.42. The van der Waals surface area contributed by atoms with Crippen LogP contribution in [0.4, 0.5) is 0 Å². The molecule has 0 radical (unpaired) electrons. The molecule has 1 unspecified atom stereocenters. The molecule has 0 aliphatic carbocycles. The summed E-state index contributed by atoms with van der Waals surface area (Å²) in [5, 5.41) is 3.02. The van der Waals surface area contributed by atoms with E-state index in [2.05, 4.69) is 35.9 Å². The molecule has 0 aliphatic heterocycles. The molecule has 0 aromatic heterocycles. The Hall–Kier alpha value is -1.04. The molecule has 3 N–H and O–H groups in total. The fraction of sp³-hybridized carbons (Fsp3) is 0.357. The minimum atomic E-state index is 0. The maximum absolute atomic E-state index is 5.75. The first kappa shape index (κ1) is 17.0. The predicted octanol–water partition coefficient (Wildman–Crippen LogP) is 2.89. The highest BCUT2D eigenvalue weighted by Gasteiger charge is 2.03. The van der Waals surface area contributed by atoms with E-state index in [0.29, 0.717) is 25.0 Å². The SMILES string of the molecule is C=C(C)CNC(N)=NCC(C)c1ccccc1.I. The molecule has 0 heterocycles. The Morgan fingerprint density at radius 1 is 1.39 bits per heavy atom. The zero-order chi connectivity index (χ0) is 12.7. The van der Waals surface area contributed by atoms with Gasteiger partial charge in [0.2, 0.25) is 0 Å². The normalized spacial score (nSPS) is 12.4. The van der Waals surface area contributed by atoms with Crippen LogP contribution < -0.4 is 11.1 Å². The van der Waals surface area contributed by atoms with Crippen LogP contribution in [0, 0.1) is 0 Å². The van der Waals surface area contributed by atoms with Gasteiger partial charge in [-0.3, -0.25) is 4.99 Å². The Morgan fingerprint density at radius 2 is 2.00 bits per heavy atom. The van der Waals surface area contributed by atoms with Crippen molar-refractivity contribution in [3.63, 3.8) is 0 Å². The first-order chi connectivity index (χ1) is 8.09. The third-order valence-electron chi connectivity index (χ3n) is 2.48. The smallest absolute Gasteiger partial charge is 0.188 e. The van der Waals surface area contributed by atoms with Gasteiger partial charge in [-0.2, -0.15) is 0 Å². The van der Waals surface area contributed by atoms with E-state index in [1.54, 1.807) is 0 Å². The van der Waals surface area contributed by atoms with E-state index >= 15 is 0 Å². The van der Waals surface area contributed by atoms with Crippen LogP contribution in [-0.4, -0.2) is 19.0 Å². The van der Waals surface area contributed by atoms with Gasteiger partial charge in [0.05, 0.1) is 0 Å². The highest BCUT2D eigenvalue weighted by atomic mass is 127. The molecule has 1 rings (SSSR count). The molecule has 0 saturated carbocycles. The monoisotopic (exact) mass is 359 g/mol. The summed E-state index contributed by atoms with van der Waals surface area (Å²) in [4.78, 5) is 4.31. The van der Waals surface area contributed by atoms with Gasteiger partial charge < -0.3 is 11.1 Å². The minimum Gasteiger partial charge on any atom is -0.370 e. The molecule has 0 spiro atoms. The van der Waals surface area contributed by atoms with Crippen LogP contribution in [0.5, 0.6) is 0 Å². The van der Waals surface area contributed by atoms with Crippen molar-refractivity contribution >= 4 is 29.9 Å². The number of aliphatic imine (C=N–C) groups is 1. The van der Waals surface area contributed by atoms with Gasteiger partial charge >= 0.3 is 0 Å². The average Bonchev–Trinajstić information content (AvgIpc) is 2.34. The van der Waals surface area contributed by atoms with Crippen molar-refractivity contribution in [3.05, 3.63) is 48.0 Å². The van der Waals surface area contributed by atoms with E-state index in [4.69, 9.17) is 5.73 Å². The summed E-state index contributed by atoms with van der Waals surface area (Å²) in [7, 11) is 0. The Bertz CT molecular complexity index is 387. The Kier molecular flexibility index (Phi) is 8.45. The zero-order valence-corrected chi connectivity index (χ0v) is 13.3.